The third kappa shape index (κ3) is 4.43. The second kappa shape index (κ2) is 8.10. The lowest BCUT2D eigenvalue weighted by molar-refractivity contribution is -0.137. The molecule has 0 spiro atoms. The lowest BCUT2D eigenvalue weighted by Gasteiger charge is -2.36. The molecule has 2 amide bonds. The average molecular weight is 453 g/mol. The predicted octanol–water partition coefficient (Wildman–Crippen LogP) is 5.05. The highest BCUT2D eigenvalue weighted by atomic mass is 35.5. The molecule has 0 unspecified atom stereocenters. The second-order valence-electron chi connectivity index (χ2n) is 6.91. The van der Waals surface area contributed by atoms with E-state index in [0.29, 0.717) is 29.5 Å². The minimum absolute atomic E-state index is 0.0627. The van der Waals surface area contributed by atoms with E-state index in [4.69, 9.17) is 20.9 Å². The van der Waals surface area contributed by atoms with Gasteiger partial charge in [-0.3, -0.25) is 0 Å². The molecule has 0 atom stereocenters. The van der Waals surface area contributed by atoms with Crippen LogP contribution >= 0.6 is 11.6 Å². The van der Waals surface area contributed by atoms with Crippen LogP contribution in [0.2, 0.25) is 5.02 Å². The van der Waals surface area contributed by atoms with Crippen LogP contribution in [0, 0.1) is 0 Å². The number of methoxy groups -OCH3 is 1. The van der Waals surface area contributed by atoms with Crippen LogP contribution in [0.1, 0.15) is 17.4 Å². The summed E-state index contributed by atoms with van der Waals surface area (Å²) in [5.41, 5.74) is -0.154. The number of likely N-dealkylation sites (tertiary alicyclic amines) is 1. The summed E-state index contributed by atoms with van der Waals surface area (Å²) in [7, 11) is 1.48. The number of halogens is 4. The van der Waals surface area contributed by atoms with Gasteiger partial charge in [-0.2, -0.15) is 18.2 Å². The molecule has 31 heavy (non-hydrogen) atoms. The van der Waals surface area contributed by atoms with Gasteiger partial charge in [-0.25, -0.2) is 4.79 Å². The first-order chi connectivity index (χ1) is 14.7. The van der Waals surface area contributed by atoms with E-state index in [2.05, 4.69) is 15.5 Å². The van der Waals surface area contributed by atoms with Gasteiger partial charge in [0, 0.05) is 23.7 Å². The van der Waals surface area contributed by atoms with E-state index < -0.39 is 11.7 Å². The van der Waals surface area contributed by atoms with E-state index in [1.807, 2.05) is 0 Å². The zero-order valence-electron chi connectivity index (χ0n) is 16.1. The molecule has 1 aliphatic rings. The molecule has 4 rings (SSSR count). The first-order valence-electron chi connectivity index (χ1n) is 9.15. The highest BCUT2D eigenvalue weighted by Crippen LogP contribution is 2.33. The van der Waals surface area contributed by atoms with E-state index in [0.717, 1.165) is 12.1 Å². The van der Waals surface area contributed by atoms with Crippen molar-refractivity contribution in [3.05, 3.63) is 58.9 Å². The number of nitrogens with zero attached hydrogens (tertiary/aromatic N) is 3. The van der Waals surface area contributed by atoms with Gasteiger partial charge >= 0.3 is 12.2 Å². The number of hydrogen-bond donors (Lipinski definition) is 1. The Morgan fingerprint density at radius 3 is 2.74 bits per heavy atom. The number of benzene rings is 2. The lowest BCUT2D eigenvalue weighted by Crippen LogP contribution is -2.50. The molecule has 2 aromatic carbocycles. The molecule has 1 fully saturated rings. The number of nitrogens with one attached hydrogen (secondary N) is 1. The molecule has 2 heterocycles. The van der Waals surface area contributed by atoms with Gasteiger partial charge in [-0.1, -0.05) is 28.9 Å². The Hall–Kier alpha value is -3.27. The van der Waals surface area contributed by atoms with Crippen LogP contribution in [0.5, 0.6) is 5.75 Å². The Labute approximate surface area is 179 Å². The molecule has 7 nitrogen and oxygen atoms in total. The van der Waals surface area contributed by atoms with Crippen LogP contribution in [0.3, 0.4) is 0 Å². The SMILES string of the molecule is COc1ccc(Cl)cc1NC(=O)N1CC(c2nc(-c3cccc(C(F)(F)F)c3)no2)C1. The number of ether oxygens (including phenoxy) is 1. The van der Waals surface area contributed by atoms with Crippen LogP contribution in [0.15, 0.2) is 47.0 Å². The van der Waals surface area contributed by atoms with Gasteiger partial charge in [0.05, 0.1) is 24.3 Å². The smallest absolute Gasteiger partial charge is 0.416 e. The maximum atomic E-state index is 12.9. The fraction of sp³-hybridized carbons (Fsp3) is 0.250. The summed E-state index contributed by atoms with van der Waals surface area (Å²) in [5.74, 6) is 0.584. The number of amides is 2. The van der Waals surface area contributed by atoms with E-state index in [1.54, 1.807) is 18.2 Å². The van der Waals surface area contributed by atoms with E-state index in [9.17, 15) is 18.0 Å². The standard InChI is InChI=1S/C20H16ClF3N4O3/c1-30-16-6-5-14(21)8-15(16)25-19(29)28-9-12(10-28)18-26-17(27-31-18)11-3-2-4-13(7-11)20(22,23)24/h2-8,12H,9-10H2,1H3,(H,25,29). The molecule has 3 aromatic rings. The third-order valence-electron chi connectivity index (χ3n) is 4.81. The molecule has 11 heteroatoms. The first-order valence-corrected chi connectivity index (χ1v) is 9.53. The van der Waals surface area contributed by atoms with E-state index in [1.165, 1.54) is 24.1 Å². The highest BCUT2D eigenvalue weighted by Gasteiger charge is 2.36. The first kappa shape index (κ1) is 21.0. The molecule has 0 saturated carbocycles. The Morgan fingerprint density at radius 2 is 2.03 bits per heavy atom. The molecule has 1 saturated heterocycles. The number of aromatic nitrogens is 2. The van der Waals surface area contributed by atoms with Crippen molar-refractivity contribution in [2.45, 2.75) is 12.1 Å². The summed E-state index contributed by atoms with van der Waals surface area (Å²) in [4.78, 5) is 18.2. The van der Waals surface area contributed by atoms with Crippen LogP contribution in [-0.2, 0) is 6.18 Å². The van der Waals surface area contributed by atoms with Gasteiger partial charge in [0.15, 0.2) is 0 Å². The molecular weight excluding hydrogens is 437 g/mol. The average Bonchev–Trinajstić information content (AvgIpc) is 3.16. The fourth-order valence-corrected chi connectivity index (χ4v) is 3.30. The topological polar surface area (TPSA) is 80.5 Å². The zero-order valence-corrected chi connectivity index (χ0v) is 16.9. The summed E-state index contributed by atoms with van der Waals surface area (Å²) in [5, 5.41) is 6.96. The molecule has 162 valence electrons. The van der Waals surface area contributed by atoms with Crippen molar-refractivity contribution in [3.63, 3.8) is 0 Å². The van der Waals surface area contributed by atoms with Crippen LogP contribution in [0.25, 0.3) is 11.4 Å². The lowest BCUT2D eigenvalue weighted by atomic mass is 10.0. The molecule has 0 bridgehead atoms. The Bertz CT molecular complexity index is 1110. The van der Waals surface area contributed by atoms with Gasteiger partial charge in [-0.05, 0) is 30.3 Å². The number of urea groups is 1. The Morgan fingerprint density at radius 1 is 1.26 bits per heavy atom. The molecule has 0 radical (unpaired) electrons. The van der Waals surface area contributed by atoms with Crippen molar-refractivity contribution in [2.75, 3.05) is 25.5 Å². The van der Waals surface area contributed by atoms with Gasteiger partial charge in [0.25, 0.3) is 0 Å². The number of anilines is 1. The minimum Gasteiger partial charge on any atom is -0.495 e. The molecule has 0 aliphatic carbocycles. The highest BCUT2D eigenvalue weighted by molar-refractivity contribution is 6.31. The minimum atomic E-state index is -4.46. The summed E-state index contributed by atoms with van der Waals surface area (Å²) in [6, 6.07) is 9.22. The maximum absolute atomic E-state index is 12.9. The summed E-state index contributed by atoms with van der Waals surface area (Å²) >= 11 is 5.96. The number of carbonyl (C=O) groups is 1. The fourth-order valence-electron chi connectivity index (χ4n) is 3.13. The summed E-state index contributed by atoms with van der Waals surface area (Å²) in [6.07, 6.45) is -4.46. The largest absolute Gasteiger partial charge is 0.495 e. The van der Waals surface area contributed by atoms with E-state index in [-0.39, 0.29) is 29.2 Å². The van der Waals surface area contributed by atoms with Crippen molar-refractivity contribution in [2.24, 2.45) is 0 Å². The quantitative estimate of drug-likeness (QED) is 0.599. The van der Waals surface area contributed by atoms with Crippen molar-refractivity contribution < 1.29 is 27.2 Å². The van der Waals surface area contributed by atoms with Crippen LogP contribution in [0.4, 0.5) is 23.7 Å². The zero-order chi connectivity index (χ0) is 22.2. The Kier molecular flexibility index (Phi) is 5.48. The molecular formula is C20H16ClF3N4O3. The predicted molar refractivity (Wildman–Crippen MR) is 106 cm³/mol. The maximum Gasteiger partial charge on any atom is 0.416 e. The Balaban J connectivity index is 1.40. The van der Waals surface area contributed by atoms with Gasteiger partial charge < -0.3 is 19.5 Å². The number of rotatable bonds is 4. The van der Waals surface area contributed by atoms with Crippen molar-refractivity contribution >= 4 is 23.3 Å². The summed E-state index contributed by atoms with van der Waals surface area (Å²) < 4.78 is 49.1. The molecule has 1 N–H and O–H groups in total. The monoisotopic (exact) mass is 452 g/mol. The molecule has 1 aromatic heterocycles. The van der Waals surface area contributed by atoms with Crippen molar-refractivity contribution in [1.82, 2.24) is 15.0 Å². The van der Waals surface area contributed by atoms with Crippen molar-refractivity contribution in [1.29, 1.82) is 0 Å². The summed E-state index contributed by atoms with van der Waals surface area (Å²) in [6.45, 7) is 0.637. The third-order valence-corrected chi connectivity index (χ3v) is 5.05. The van der Waals surface area contributed by atoms with Crippen LogP contribution < -0.4 is 10.1 Å². The van der Waals surface area contributed by atoms with Gasteiger partial charge in [0.1, 0.15) is 5.75 Å². The van der Waals surface area contributed by atoms with Gasteiger partial charge in [0.2, 0.25) is 11.7 Å². The van der Waals surface area contributed by atoms with E-state index >= 15 is 0 Å². The normalized spacial score (nSPS) is 14.3. The molecule has 1 aliphatic heterocycles. The van der Waals surface area contributed by atoms with Crippen LogP contribution in [-0.4, -0.2) is 41.3 Å². The van der Waals surface area contributed by atoms with Gasteiger partial charge in [-0.15, -0.1) is 0 Å². The number of carbonyl (C=O) groups excluding carboxylic acids is 1. The number of alkyl halides is 3. The second-order valence-corrected chi connectivity index (χ2v) is 7.35. The number of hydrogen-bond acceptors (Lipinski definition) is 5. The van der Waals surface area contributed by atoms with Crippen molar-refractivity contribution in [3.8, 4) is 17.1 Å².